The molecule has 1 fully saturated rings. The smallest absolute Gasteiger partial charge is 0.142 e. The minimum Gasteiger partial charge on any atom is -0.206 e. The second-order valence-electron chi connectivity index (χ2n) is 6.59. The summed E-state index contributed by atoms with van der Waals surface area (Å²) in [6.45, 7) is 2.11. The highest BCUT2D eigenvalue weighted by molar-refractivity contribution is 6.25. The lowest BCUT2D eigenvalue weighted by molar-refractivity contribution is 0.365. The topological polar surface area (TPSA) is 0 Å². The van der Waals surface area contributed by atoms with Crippen LogP contribution in [0.5, 0.6) is 0 Å². The number of rotatable bonds is 5. The van der Waals surface area contributed by atoms with Crippen molar-refractivity contribution in [3.8, 4) is 11.8 Å². The molecule has 2 rings (SSSR count). The Kier molecular flexibility index (Phi) is 7.79. The van der Waals surface area contributed by atoms with Crippen molar-refractivity contribution in [1.29, 1.82) is 0 Å². The molecule has 0 heterocycles. The van der Waals surface area contributed by atoms with Crippen LogP contribution in [0, 0.1) is 35.3 Å². The molecule has 1 aliphatic carbocycles. The lowest BCUT2D eigenvalue weighted by Crippen LogP contribution is -2.11. The van der Waals surface area contributed by atoms with Crippen LogP contribution in [0.3, 0.4) is 0 Å². The third-order valence-corrected chi connectivity index (χ3v) is 4.83. The fourth-order valence-corrected chi connectivity index (χ4v) is 3.41. The summed E-state index contributed by atoms with van der Waals surface area (Å²) in [5.41, 5.74) is 2.21. The molecule has 1 saturated carbocycles. The molecule has 0 atom stereocenters. The fraction of sp³-hybridized carbons (Fsp3) is 0.524. The molecule has 24 heavy (non-hydrogen) atoms. The molecule has 0 aliphatic heterocycles. The molecule has 0 radical (unpaired) electrons. The van der Waals surface area contributed by atoms with Gasteiger partial charge in [-0.1, -0.05) is 49.3 Å². The average molecular weight is 351 g/mol. The summed E-state index contributed by atoms with van der Waals surface area (Å²) in [5.74, 6) is 5.47. The maximum absolute atomic E-state index is 14.2. The van der Waals surface area contributed by atoms with Gasteiger partial charge in [-0.15, -0.1) is 0 Å². The van der Waals surface area contributed by atoms with Gasteiger partial charge in [0.05, 0.1) is 5.56 Å². The molecule has 0 saturated heterocycles. The first-order valence-corrected chi connectivity index (χ1v) is 9.34. The van der Waals surface area contributed by atoms with Gasteiger partial charge in [0.2, 0.25) is 0 Å². The van der Waals surface area contributed by atoms with Crippen molar-refractivity contribution in [2.45, 2.75) is 58.3 Å². The van der Waals surface area contributed by atoms with E-state index in [0.29, 0.717) is 12.3 Å². The van der Waals surface area contributed by atoms with Gasteiger partial charge < -0.3 is 0 Å². The van der Waals surface area contributed by atoms with E-state index in [2.05, 4.69) is 18.8 Å². The molecule has 0 N–H and O–H groups in total. The van der Waals surface area contributed by atoms with E-state index < -0.39 is 11.6 Å². The van der Waals surface area contributed by atoms with Gasteiger partial charge in [0, 0.05) is 11.5 Å². The second kappa shape index (κ2) is 9.84. The average Bonchev–Trinajstić information content (AvgIpc) is 2.56. The maximum Gasteiger partial charge on any atom is 0.142 e. The molecular weight excluding hydrogens is 326 g/mol. The minimum absolute atomic E-state index is 0.0861. The van der Waals surface area contributed by atoms with Gasteiger partial charge in [0.25, 0.3) is 0 Å². The van der Waals surface area contributed by atoms with Gasteiger partial charge in [-0.2, -0.15) is 0 Å². The van der Waals surface area contributed by atoms with Crippen LogP contribution >= 0.6 is 11.6 Å². The summed E-state index contributed by atoms with van der Waals surface area (Å²) in [5, 5.41) is 0. The number of hydrogen-bond donors (Lipinski definition) is 0. The molecule has 0 aromatic heterocycles. The Morgan fingerprint density at radius 2 is 1.79 bits per heavy atom. The van der Waals surface area contributed by atoms with Crippen LogP contribution in [0.15, 0.2) is 23.7 Å². The number of benzene rings is 1. The van der Waals surface area contributed by atoms with E-state index in [1.807, 2.05) is 6.08 Å². The quantitative estimate of drug-likeness (QED) is 0.414. The zero-order valence-corrected chi connectivity index (χ0v) is 15.0. The van der Waals surface area contributed by atoms with Crippen molar-refractivity contribution in [2.75, 3.05) is 0 Å². The normalized spacial score (nSPS) is 20.8. The Morgan fingerprint density at radius 3 is 2.38 bits per heavy atom. The molecule has 1 aromatic carbocycles. The number of unbranched alkanes of at least 4 members (excludes halogenated alkanes) is 2. The predicted molar refractivity (Wildman–Crippen MR) is 96.9 cm³/mol. The Balaban J connectivity index is 2.00. The van der Waals surface area contributed by atoms with E-state index in [9.17, 15) is 8.78 Å². The van der Waals surface area contributed by atoms with Crippen molar-refractivity contribution < 1.29 is 8.78 Å². The van der Waals surface area contributed by atoms with Crippen LogP contribution in [0.25, 0.3) is 0 Å². The van der Waals surface area contributed by atoms with Crippen LogP contribution < -0.4 is 0 Å². The summed E-state index contributed by atoms with van der Waals surface area (Å²) in [6, 6.07) is 2.87. The van der Waals surface area contributed by atoms with Crippen molar-refractivity contribution >= 4 is 11.6 Å². The summed E-state index contributed by atoms with van der Waals surface area (Å²) >= 11 is 5.61. The minimum atomic E-state index is -0.534. The van der Waals surface area contributed by atoms with Crippen molar-refractivity contribution in [3.05, 3.63) is 46.5 Å². The van der Waals surface area contributed by atoms with E-state index in [1.54, 1.807) is 5.54 Å². The number of allylic oxidation sites excluding steroid dienone is 1. The van der Waals surface area contributed by atoms with E-state index in [-0.39, 0.29) is 11.5 Å². The van der Waals surface area contributed by atoms with Crippen LogP contribution in [-0.4, -0.2) is 0 Å². The lowest BCUT2D eigenvalue weighted by atomic mass is 9.82. The molecule has 1 aromatic rings. The molecule has 0 spiro atoms. The Hall–Kier alpha value is -1.33. The third kappa shape index (κ3) is 5.64. The Labute approximate surface area is 149 Å². The first-order valence-electron chi connectivity index (χ1n) is 8.90. The standard InChI is InChI=1S/C21H25ClF2/c1-2-3-4-5-18-14-20(23)19(21(24)15-18)11-10-16-6-8-17(9-7-16)12-13-22/h12-17H,2-9H2,1H3/b13-12+. The Morgan fingerprint density at radius 1 is 1.12 bits per heavy atom. The molecule has 0 bridgehead atoms. The molecule has 130 valence electrons. The Bertz CT molecular complexity index is 593. The number of halogens is 3. The van der Waals surface area contributed by atoms with Gasteiger partial charge in [-0.25, -0.2) is 8.78 Å². The molecule has 1 aliphatic rings. The van der Waals surface area contributed by atoms with E-state index in [4.69, 9.17) is 11.6 Å². The predicted octanol–water partition coefficient (Wildman–Crippen LogP) is 6.61. The fourth-order valence-electron chi connectivity index (χ4n) is 3.20. The van der Waals surface area contributed by atoms with Gasteiger partial charge >= 0.3 is 0 Å². The third-order valence-electron chi connectivity index (χ3n) is 4.69. The monoisotopic (exact) mass is 350 g/mol. The first kappa shape index (κ1) is 19.0. The van der Waals surface area contributed by atoms with Crippen molar-refractivity contribution in [1.82, 2.24) is 0 Å². The lowest BCUT2D eigenvalue weighted by Gasteiger charge is -2.22. The van der Waals surface area contributed by atoms with Crippen LogP contribution in [0.4, 0.5) is 8.78 Å². The highest BCUT2D eigenvalue weighted by atomic mass is 35.5. The highest BCUT2D eigenvalue weighted by Gasteiger charge is 2.18. The largest absolute Gasteiger partial charge is 0.206 e. The van der Waals surface area contributed by atoms with Gasteiger partial charge in [-0.05, 0) is 62.1 Å². The SMILES string of the molecule is CCCCCc1cc(F)c(C#CC2CCC(/C=C/Cl)CC2)c(F)c1. The van der Waals surface area contributed by atoms with Crippen molar-refractivity contribution in [3.63, 3.8) is 0 Å². The summed E-state index contributed by atoms with van der Waals surface area (Å²) < 4.78 is 28.3. The zero-order valence-electron chi connectivity index (χ0n) is 14.3. The van der Waals surface area contributed by atoms with Crippen LogP contribution in [-0.2, 0) is 6.42 Å². The van der Waals surface area contributed by atoms with E-state index >= 15 is 0 Å². The molecule has 0 nitrogen and oxygen atoms in total. The van der Waals surface area contributed by atoms with Gasteiger partial charge in [0.1, 0.15) is 11.6 Å². The highest BCUT2D eigenvalue weighted by Crippen LogP contribution is 2.29. The van der Waals surface area contributed by atoms with Gasteiger partial charge in [0.15, 0.2) is 0 Å². The summed E-state index contributed by atoms with van der Waals surface area (Å²) in [4.78, 5) is 0. The summed E-state index contributed by atoms with van der Waals surface area (Å²) in [7, 11) is 0. The molecular formula is C21H25ClF2. The van der Waals surface area contributed by atoms with Crippen LogP contribution in [0.2, 0.25) is 0 Å². The van der Waals surface area contributed by atoms with Gasteiger partial charge in [-0.3, -0.25) is 0 Å². The maximum atomic E-state index is 14.2. The zero-order chi connectivity index (χ0) is 17.4. The molecule has 3 heteroatoms. The van der Waals surface area contributed by atoms with Crippen LogP contribution in [0.1, 0.15) is 63.0 Å². The number of aryl methyl sites for hydroxylation is 1. The number of hydrogen-bond acceptors (Lipinski definition) is 0. The summed E-state index contributed by atoms with van der Waals surface area (Å²) in [6.07, 6.45) is 9.84. The van der Waals surface area contributed by atoms with E-state index in [0.717, 1.165) is 50.5 Å². The van der Waals surface area contributed by atoms with E-state index in [1.165, 1.54) is 12.1 Å². The molecule has 0 unspecified atom stereocenters. The molecule has 0 amide bonds. The van der Waals surface area contributed by atoms with Crippen molar-refractivity contribution in [2.24, 2.45) is 11.8 Å². The first-order chi connectivity index (χ1) is 11.6. The second-order valence-corrected chi connectivity index (χ2v) is 6.84.